The molecule has 2 bridgehead atoms. The Kier molecular flexibility index (Phi) is 18.4. The predicted octanol–water partition coefficient (Wildman–Crippen LogP) is 6.63. The number of aliphatic hydroxyl groups excluding tert-OH is 2. The van der Waals surface area contributed by atoms with Crippen LogP contribution in [0.15, 0.2) is 34.4 Å². The van der Waals surface area contributed by atoms with Crippen molar-refractivity contribution in [2.24, 2.45) is 29.6 Å². The number of ketones is 1. The molecule has 0 aromatic rings. The summed E-state index contributed by atoms with van der Waals surface area (Å²) in [4.78, 5) is 44.4. The third-order valence-corrected chi connectivity index (χ3v) is 14.0. The van der Waals surface area contributed by atoms with Crippen molar-refractivity contribution in [1.82, 2.24) is 4.90 Å². The average molecular weight is 832 g/mol. The number of piperidine rings is 1. The molecule has 3 aliphatic heterocycles. The van der Waals surface area contributed by atoms with Gasteiger partial charge in [0.1, 0.15) is 18.2 Å². The number of Topliss-reactive ketones (excluding diaryl/α,β-unsaturated/α-hetero) is 1. The summed E-state index contributed by atoms with van der Waals surface area (Å²) in [6, 6.07) is -1.08. The van der Waals surface area contributed by atoms with Gasteiger partial charge in [0, 0.05) is 39.7 Å². The SMILES string of the molecule is CC/C(C)=C1/C[C@H](O)[C@@H](C)[C@@H](/C(C)=C/[C@@H]2CC[C@@H](O)[C@H](OC)C2)OC(=O)[C@@H]2CCCCN2C(=O)C(=O)[C@]2(O)O[C@H]([C@@H](OC)C[C@@H](C)C/C(C)=C/[C@H]1CC)[C@@H](OC)C[C@H]2C. The molecule has 12 heteroatoms. The average Bonchev–Trinajstić information content (AvgIpc) is 3.22. The van der Waals surface area contributed by atoms with Crippen LogP contribution in [0.25, 0.3) is 0 Å². The number of aliphatic hydroxyl groups is 3. The molecule has 0 aromatic carbocycles. The van der Waals surface area contributed by atoms with Crippen molar-refractivity contribution in [3.8, 4) is 0 Å². The summed E-state index contributed by atoms with van der Waals surface area (Å²) in [6.07, 6.45) is 6.90. The van der Waals surface area contributed by atoms with Gasteiger partial charge < -0.3 is 43.9 Å². The van der Waals surface area contributed by atoms with Crippen molar-refractivity contribution >= 4 is 17.7 Å². The summed E-state index contributed by atoms with van der Waals surface area (Å²) in [5, 5.41) is 34.8. The zero-order valence-corrected chi connectivity index (χ0v) is 37.9. The number of allylic oxidation sites excluding steroid dienone is 4. The first kappa shape index (κ1) is 49.2. The second-order valence-electron chi connectivity index (χ2n) is 18.3. The van der Waals surface area contributed by atoms with Crippen LogP contribution in [0.4, 0.5) is 0 Å². The normalized spacial score (nSPS) is 40.9. The maximum atomic E-state index is 14.5. The number of ether oxygens (including phenoxy) is 5. The summed E-state index contributed by atoms with van der Waals surface area (Å²) < 4.78 is 30.2. The van der Waals surface area contributed by atoms with Crippen LogP contribution in [0.3, 0.4) is 0 Å². The molecule has 336 valence electrons. The van der Waals surface area contributed by atoms with E-state index in [1.165, 1.54) is 21.6 Å². The highest BCUT2D eigenvalue weighted by molar-refractivity contribution is 6.39. The van der Waals surface area contributed by atoms with E-state index >= 15 is 0 Å². The number of methoxy groups -OCH3 is 3. The first-order chi connectivity index (χ1) is 27.9. The van der Waals surface area contributed by atoms with E-state index in [1.807, 2.05) is 13.8 Å². The van der Waals surface area contributed by atoms with Gasteiger partial charge >= 0.3 is 5.97 Å². The van der Waals surface area contributed by atoms with Crippen LogP contribution < -0.4 is 0 Å². The number of amides is 1. The topological polar surface area (TPSA) is 161 Å². The molecule has 3 N–H and O–H groups in total. The molecule has 2 saturated heterocycles. The highest BCUT2D eigenvalue weighted by Crippen LogP contribution is 2.40. The lowest BCUT2D eigenvalue weighted by Gasteiger charge is -2.47. The summed E-state index contributed by atoms with van der Waals surface area (Å²) in [6.45, 7) is 16.3. The van der Waals surface area contributed by atoms with Crippen molar-refractivity contribution in [2.75, 3.05) is 27.9 Å². The third kappa shape index (κ3) is 11.7. The van der Waals surface area contributed by atoms with Crippen molar-refractivity contribution in [3.63, 3.8) is 0 Å². The zero-order valence-electron chi connectivity index (χ0n) is 37.9. The number of esters is 1. The van der Waals surface area contributed by atoms with Crippen molar-refractivity contribution in [1.29, 1.82) is 0 Å². The Morgan fingerprint density at radius 2 is 1.56 bits per heavy atom. The third-order valence-electron chi connectivity index (χ3n) is 14.0. The predicted molar refractivity (Wildman–Crippen MR) is 226 cm³/mol. The molecule has 3 fully saturated rings. The van der Waals surface area contributed by atoms with Gasteiger partial charge in [-0.3, -0.25) is 9.59 Å². The van der Waals surface area contributed by atoms with Crippen LogP contribution in [-0.2, 0) is 38.1 Å². The van der Waals surface area contributed by atoms with E-state index in [4.69, 9.17) is 23.7 Å². The number of nitrogens with zero attached hydrogens (tertiary/aromatic N) is 1. The molecule has 0 spiro atoms. The quantitative estimate of drug-likeness (QED) is 0.144. The first-order valence-corrected chi connectivity index (χ1v) is 22.4. The minimum absolute atomic E-state index is 0.0529. The smallest absolute Gasteiger partial charge is 0.329 e. The van der Waals surface area contributed by atoms with Crippen LogP contribution in [0.2, 0.25) is 0 Å². The molecule has 3 heterocycles. The summed E-state index contributed by atoms with van der Waals surface area (Å²) >= 11 is 0. The van der Waals surface area contributed by atoms with Crippen LogP contribution in [-0.4, -0.2) is 120 Å². The fraction of sp³-hybridized carbons (Fsp3) is 0.809. The van der Waals surface area contributed by atoms with Crippen molar-refractivity contribution in [2.45, 2.75) is 187 Å². The molecule has 4 rings (SSSR count). The standard InChI is InChI=1S/C47H77NO11/c1-12-29(5)35-26-38(50)32(8)42(30(6)23-33-17-18-37(49)39(25-33)55-9)58-46(53)36-16-14-15-19-48(36)45(52)44(51)47(54)31(7)24-41(57-11)43(59-47)40(56-10)22-28(4)20-27(3)21-34(35)13-2/h21,23,28,31-34,36-43,49-50,54H,12-20,22,24-26H2,1-11H3/b27-21+,30-23+,35-29-/t28-,31+,32+,33-,34+,36-,37+,38-,39+,40-,41-,42+,43+,47+/m0/s1. The number of carbonyl (C=O) groups excluding carboxylic acids is 3. The van der Waals surface area contributed by atoms with Crippen LogP contribution in [0.1, 0.15) is 132 Å². The Hall–Kier alpha value is -2.45. The lowest BCUT2D eigenvalue weighted by atomic mass is 9.80. The van der Waals surface area contributed by atoms with E-state index in [9.17, 15) is 29.7 Å². The van der Waals surface area contributed by atoms with Crippen LogP contribution >= 0.6 is 0 Å². The maximum absolute atomic E-state index is 14.5. The Morgan fingerprint density at radius 3 is 2.19 bits per heavy atom. The van der Waals surface area contributed by atoms with Gasteiger partial charge in [-0.25, -0.2) is 4.79 Å². The van der Waals surface area contributed by atoms with E-state index in [0.29, 0.717) is 38.5 Å². The number of carbonyl (C=O) groups is 3. The summed E-state index contributed by atoms with van der Waals surface area (Å²) in [5.74, 6) is -6.34. The first-order valence-electron chi connectivity index (χ1n) is 22.4. The molecule has 1 amide bonds. The van der Waals surface area contributed by atoms with Gasteiger partial charge in [0.05, 0.1) is 30.5 Å². The minimum Gasteiger partial charge on any atom is -0.456 e. The van der Waals surface area contributed by atoms with Gasteiger partial charge in [0.25, 0.3) is 11.7 Å². The van der Waals surface area contributed by atoms with Gasteiger partial charge in [0.15, 0.2) is 0 Å². The van der Waals surface area contributed by atoms with Gasteiger partial charge in [-0.1, -0.05) is 63.5 Å². The van der Waals surface area contributed by atoms with Gasteiger partial charge in [0.2, 0.25) is 5.79 Å². The fourth-order valence-corrected chi connectivity index (χ4v) is 10.2. The van der Waals surface area contributed by atoms with Crippen molar-refractivity contribution in [3.05, 3.63) is 34.4 Å². The van der Waals surface area contributed by atoms with E-state index in [2.05, 4.69) is 46.8 Å². The number of rotatable bonds is 7. The lowest BCUT2D eigenvalue weighted by Crippen LogP contribution is -2.64. The molecule has 59 heavy (non-hydrogen) atoms. The summed E-state index contributed by atoms with van der Waals surface area (Å²) in [5.41, 5.74) is 4.35. The molecular formula is C47H77NO11. The molecular weight excluding hydrogens is 755 g/mol. The van der Waals surface area contributed by atoms with Crippen molar-refractivity contribution < 1.29 is 53.4 Å². The number of fused-ring (bicyclic) bond motifs is 3. The van der Waals surface area contributed by atoms with E-state index in [-0.39, 0.29) is 43.2 Å². The molecule has 0 aromatic heterocycles. The van der Waals surface area contributed by atoms with Crippen LogP contribution in [0.5, 0.6) is 0 Å². The highest BCUT2D eigenvalue weighted by Gasteiger charge is 2.56. The Labute approximate surface area is 354 Å². The summed E-state index contributed by atoms with van der Waals surface area (Å²) in [7, 11) is 4.74. The highest BCUT2D eigenvalue weighted by atomic mass is 16.7. The second kappa shape index (κ2) is 22.1. The molecule has 1 saturated carbocycles. The van der Waals surface area contributed by atoms with E-state index < -0.39 is 77.9 Å². The van der Waals surface area contributed by atoms with Gasteiger partial charge in [-0.2, -0.15) is 0 Å². The minimum atomic E-state index is -2.47. The van der Waals surface area contributed by atoms with Gasteiger partial charge in [-0.15, -0.1) is 0 Å². The molecule has 14 atom stereocenters. The second-order valence-corrected chi connectivity index (χ2v) is 18.3. The largest absolute Gasteiger partial charge is 0.456 e. The molecule has 1 aliphatic carbocycles. The van der Waals surface area contributed by atoms with E-state index in [1.54, 1.807) is 28.3 Å². The molecule has 12 nitrogen and oxygen atoms in total. The van der Waals surface area contributed by atoms with Gasteiger partial charge in [-0.05, 0) is 121 Å². The Bertz CT molecular complexity index is 1520. The van der Waals surface area contributed by atoms with Crippen LogP contribution in [0, 0.1) is 29.6 Å². The Balaban J connectivity index is 1.83. The molecule has 4 aliphatic rings. The lowest BCUT2D eigenvalue weighted by molar-refractivity contribution is -0.302. The monoisotopic (exact) mass is 832 g/mol. The van der Waals surface area contributed by atoms with E-state index in [0.717, 1.165) is 31.3 Å². The fourth-order valence-electron chi connectivity index (χ4n) is 10.2. The number of hydrogen-bond acceptors (Lipinski definition) is 11. The maximum Gasteiger partial charge on any atom is 0.329 e. The zero-order chi connectivity index (χ0) is 43.8. The molecule has 0 unspecified atom stereocenters. The number of cyclic esters (lactones) is 1. The number of hydrogen-bond donors (Lipinski definition) is 3. The Morgan fingerprint density at radius 1 is 0.898 bits per heavy atom. The molecule has 0 radical (unpaired) electrons.